The molecule has 1 aliphatic heterocycles. The zero-order valence-electron chi connectivity index (χ0n) is 16.5. The molecule has 150 valence electrons. The highest BCUT2D eigenvalue weighted by Crippen LogP contribution is 2.33. The summed E-state index contributed by atoms with van der Waals surface area (Å²) in [4.78, 5) is 11.5. The summed E-state index contributed by atoms with van der Waals surface area (Å²) in [6, 6.07) is 5.67. The molecule has 7 nitrogen and oxygen atoms in total. The summed E-state index contributed by atoms with van der Waals surface area (Å²) in [6.45, 7) is 0. The molecule has 8 heteroatoms. The molecule has 0 aromatic carbocycles. The Morgan fingerprint density at radius 1 is 1.14 bits per heavy atom. The second-order valence-corrected chi connectivity index (χ2v) is 10.1. The summed E-state index contributed by atoms with van der Waals surface area (Å²) in [5.41, 5.74) is 0.719. The normalized spacial score (nSPS) is 24.2. The van der Waals surface area contributed by atoms with E-state index in [9.17, 15) is 8.42 Å². The van der Waals surface area contributed by atoms with Crippen molar-refractivity contribution < 1.29 is 8.42 Å². The summed E-state index contributed by atoms with van der Waals surface area (Å²) in [6.07, 6.45) is 8.84. The van der Waals surface area contributed by atoms with Crippen LogP contribution < -0.4 is 4.90 Å². The number of rotatable bonds is 4. The van der Waals surface area contributed by atoms with Crippen molar-refractivity contribution >= 4 is 15.7 Å². The smallest absolute Gasteiger partial charge is 0.200 e. The van der Waals surface area contributed by atoms with Gasteiger partial charge in [0.1, 0.15) is 17.3 Å². The number of nitrogens with zero attached hydrogens (tertiary/aromatic N) is 5. The summed E-state index contributed by atoms with van der Waals surface area (Å²) in [5, 5.41) is 4.78. The molecule has 0 spiro atoms. The van der Waals surface area contributed by atoms with Crippen LogP contribution in [-0.2, 0) is 9.84 Å². The van der Waals surface area contributed by atoms with Crippen LogP contribution >= 0.6 is 0 Å². The van der Waals surface area contributed by atoms with E-state index in [0.717, 1.165) is 43.0 Å². The highest BCUT2D eigenvalue weighted by atomic mass is 32.2. The fourth-order valence-corrected chi connectivity index (χ4v) is 5.67. The first-order valence-corrected chi connectivity index (χ1v) is 11.7. The van der Waals surface area contributed by atoms with Crippen LogP contribution in [0.1, 0.15) is 49.9 Å². The Morgan fingerprint density at radius 3 is 2.71 bits per heavy atom. The standard InChI is InChI=1S/C20H27N5O2S/c1-24(2)18-12-6-11-17(21-18)19-22-20(15-8-4-3-5-9-15)25(23-19)16-10-7-13-28(26,27)14-16/h3-4,6,11-12,15-16H,5,7-10,13-14H2,1-2H3. The van der Waals surface area contributed by atoms with Crippen LogP contribution in [0.5, 0.6) is 0 Å². The van der Waals surface area contributed by atoms with Crippen molar-refractivity contribution in [2.24, 2.45) is 0 Å². The van der Waals surface area contributed by atoms with E-state index < -0.39 is 9.84 Å². The Bertz CT molecular complexity index is 980. The second kappa shape index (κ2) is 7.66. The Hall–Kier alpha value is -2.22. The highest BCUT2D eigenvalue weighted by Gasteiger charge is 2.31. The fourth-order valence-electron chi connectivity index (χ4n) is 4.01. The van der Waals surface area contributed by atoms with Crippen LogP contribution in [0.4, 0.5) is 5.82 Å². The molecule has 0 amide bonds. The van der Waals surface area contributed by atoms with E-state index in [-0.39, 0.29) is 23.5 Å². The largest absolute Gasteiger partial charge is 0.363 e. The van der Waals surface area contributed by atoms with Gasteiger partial charge in [0.15, 0.2) is 15.7 Å². The van der Waals surface area contributed by atoms with Gasteiger partial charge in [0.2, 0.25) is 0 Å². The number of sulfone groups is 1. The van der Waals surface area contributed by atoms with E-state index >= 15 is 0 Å². The number of aromatic nitrogens is 4. The maximum absolute atomic E-state index is 12.2. The predicted molar refractivity (Wildman–Crippen MR) is 110 cm³/mol. The molecule has 2 aromatic heterocycles. The van der Waals surface area contributed by atoms with Crippen LogP contribution in [-0.4, -0.2) is 53.8 Å². The Labute approximate surface area is 166 Å². The van der Waals surface area contributed by atoms with Crippen molar-refractivity contribution in [1.29, 1.82) is 0 Å². The van der Waals surface area contributed by atoms with Crippen molar-refractivity contribution in [1.82, 2.24) is 19.7 Å². The number of hydrogen-bond donors (Lipinski definition) is 0. The van der Waals surface area contributed by atoms with Crippen LogP contribution in [0, 0.1) is 0 Å². The van der Waals surface area contributed by atoms with E-state index in [1.165, 1.54) is 0 Å². The highest BCUT2D eigenvalue weighted by molar-refractivity contribution is 7.91. The van der Waals surface area contributed by atoms with E-state index in [1.54, 1.807) is 0 Å². The van der Waals surface area contributed by atoms with Crippen molar-refractivity contribution in [3.05, 3.63) is 36.2 Å². The minimum absolute atomic E-state index is 0.141. The van der Waals surface area contributed by atoms with Crippen LogP contribution in [0.2, 0.25) is 0 Å². The first-order valence-electron chi connectivity index (χ1n) is 9.89. The predicted octanol–water partition coefficient (Wildman–Crippen LogP) is 2.98. The quantitative estimate of drug-likeness (QED) is 0.733. The molecule has 2 atom stereocenters. The SMILES string of the molecule is CN(C)c1cccc(-c2nc(C3CC=CCC3)n(C3CCCS(=O)(=O)C3)n2)n1. The zero-order valence-corrected chi connectivity index (χ0v) is 17.3. The summed E-state index contributed by atoms with van der Waals surface area (Å²) in [5.74, 6) is 3.02. The number of pyridine rings is 1. The number of hydrogen-bond acceptors (Lipinski definition) is 6. The third-order valence-electron chi connectivity index (χ3n) is 5.50. The van der Waals surface area contributed by atoms with Gasteiger partial charge in [0.05, 0.1) is 17.5 Å². The van der Waals surface area contributed by atoms with Gasteiger partial charge in [0.25, 0.3) is 0 Å². The minimum atomic E-state index is -3.03. The lowest BCUT2D eigenvalue weighted by atomic mass is 9.93. The first-order chi connectivity index (χ1) is 13.4. The molecule has 1 saturated heterocycles. The molecule has 3 heterocycles. The third-order valence-corrected chi connectivity index (χ3v) is 7.30. The molecular formula is C20H27N5O2S. The molecule has 2 aromatic rings. The average molecular weight is 402 g/mol. The molecule has 2 aliphatic rings. The van der Waals surface area contributed by atoms with Crippen LogP contribution in [0.3, 0.4) is 0 Å². The van der Waals surface area contributed by atoms with Gasteiger partial charge in [0, 0.05) is 20.0 Å². The first kappa shape index (κ1) is 19.1. The summed E-state index contributed by atoms with van der Waals surface area (Å²) in [7, 11) is 0.873. The maximum atomic E-state index is 12.2. The van der Waals surface area contributed by atoms with E-state index in [2.05, 4.69) is 17.1 Å². The summed E-state index contributed by atoms with van der Waals surface area (Å²) < 4.78 is 26.4. The molecule has 4 rings (SSSR count). The Kier molecular flexibility index (Phi) is 5.23. The molecule has 2 unspecified atom stereocenters. The lowest BCUT2D eigenvalue weighted by molar-refractivity contribution is 0.402. The number of anilines is 1. The molecule has 0 saturated carbocycles. The maximum Gasteiger partial charge on any atom is 0.200 e. The lowest BCUT2D eigenvalue weighted by Crippen LogP contribution is -2.29. The van der Waals surface area contributed by atoms with E-state index in [1.807, 2.05) is 41.9 Å². The molecule has 0 bridgehead atoms. The second-order valence-electron chi connectivity index (χ2n) is 7.91. The monoisotopic (exact) mass is 401 g/mol. The summed E-state index contributed by atoms with van der Waals surface area (Å²) >= 11 is 0. The molecule has 0 radical (unpaired) electrons. The van der Waals surface area contributed by atoms with E-state index in [0.29, 0.717) is 12.2 Å². The van der Waals surface area contributed by atoms with Gasteiger partial charge in [-0.3, -0.25) is 0 Å². The fraction of sp³-hybridized carbons (Fsp3) is 0.550. The van der Waals surface area contributed by atoms with Crippen molar-refractivity contribution in [3.63, 3.8) is 0 Å². The Morgan fingerprint density at radius 2 is 2.00 bits per heavy atom. The van der Waals surface area contributed by atoms with Crippen LogP contribution in [0.25, 0.3) is 11.5 Å². The lowest BCUT2D eigenvalue weighted by Gasteiger charge is -2.26. The van der Waals surface area contributed by atoms with Crippen molar-refractivity contribution in [2.75, 3.05) is 30.5 Å². The van der Waals surface area contributed by atoms with Crippen molar-refractivity contribution in [2.45, 2.75) is 44.1 Å². The Balaban J connectivity index is 1.76. The van der Waals surface area contributed by atoms with E-state index in [4.69, 9.17) is 10.1 Å². The van der Waals surface area contributed by atoms with Gasteiger partial charge in [-0.1, -0.05) is 18.2 Å². The van der Waals surface area contributed by atoms with Gasteiger partial charge in [-0.15, -0.1) is 5.10 Å². The zero-order chi connectivity index (χ0) is 19.7. The third kappa shape index (κ3) is 3.97. The van der Waals surface area contributed by atoms with Gasteiger partial charge >= 0.3 is 0 Å². The van der Waals surface area contributed by atoms with Crippen molar-refractivity contribution in [3.8, 4) is 11.5 Å². The van der Waals surface area contributed by atoms with Gasteiger partial charge < -0.3 is 4.90 Å². The average Bonchev–Trinajstić information content (AvgIpc) is 3.13. The van der Waals surface area contributed by atoms with Crippen LogP contribution in [0.15, 0.2) is 30.4 Å². The minimum Gasteiger partial charge on any atom is -0.363 e. The molecule has 0 N–H and O–H groups in total. The molecular weight excluding hydrogens is 374 g/mol. The van der Waals surface area contributed by atoms with Gasteiger partial charge in [-0.05, 0) is 44.2 Å². The topological polar surface area (TPSA) is 81.0 Å². The van der Waals surface area contributed by atoms with Gasteiger partial charge in [-0.2, -0.15) is 0 Å². The number of allylic oxidation sites excluding steroid dienone is 2. The van der Waals surface area contributed by atoms with Gasteiger partial charge in [-0.25, -0.2) is 23.1 Å². The molecule has 1 fully saturated rings. The molecule has 1 aliphatic carbocycles. The molecule has 28 heavy (non-hydrogen) atoms.